The van der Waals surface area contributed by atoms with Gasteiger partial charge in [-0.3, -0.25) is 4.21 Å². The van der Waals surface area contributed by atoms with Crippen molar-refractivity contribution in [2.24, 2.45) is 0 Å². The molecule has 0 radical (unpaired) electrons. The van der Waals surface area contributed by atoms with E-state index in [1.807, 2.05) is 0 Å². The molecule has 7 heteroatoms. The fourth-order valence-electron chi connectivity index (χ4n) is 0.770. The van der Waals surface area contributed by atoms with Gasteiger partial charge in [0, 0.05) is 9.46 Å². The SMILES string of the molecule is O=[P+](O)OC[S@@](=O)c1cccc(F)c1. The second-order valence-corrected chi connectivity index (χ2v) is 4.42. The maximum Gasteiger partial charge on any atom is 0.695 e. The summed E-state index contributed by atoms with van der Waals surface area (Å²) in [5.74, 6) is -0.931. The monoisotopic (exact) mass is 237 g/mol. The molecule has 1 unspecified atom stereocenters. The number of hydrogen-bond acceptors (Lipinski definition) is 3. The summed E-state index contributed by atoms with van der Waals surface area (Å²) in [5.41, 5.74) is 0. The van der Waals surface area contributed by atoms with E-state index in [1.165, 1.54) is 18.2 Å². The Balaban J connectivity index is 2.65. The van der Waals surface area contributed by atoms with Crippen LogP contribution >= 0.6 is 8.25 Å². The molecule has 0 aliphatic rings. The molecule has 0 aromatic heterocycles. The highest BCUT2D eigenvalue weighted by molar-refractivity contribution is 7.85. The van der Waals surface area contributed by atoms with E-state index in [0.29, 0.717) is 0 Å². The molecule has 4 nitrogen and oxygen atoms in total. The zero-order valence-electron chi connectivity index (χ0n) is 6.92. The lowest BCUT2D eigenvalue weighted by atomic mass is 10.4. The van der Waals surface area contributed by atoms with Gasteiger partial charge in [0.05, 0.1) is 10.8 Å². The van der Waals surface area contributed by atoms with Crippen LogP contribution in [0.3, 0.4) is 0 Å². The Labute approximate surface area is 83.1 Å². The second-order valence-electron chi connectivity index (χ2n) is 2.29. The van der Waals surface area contributed by atoms with Crippen LogP contribution in [0.15, 0.2) is 29.2 Å². The Morgan fingerprint density at radius 1 is 1.57 bits per heavy atom. The quantitative estimate of drug-likeness (QED) is 0.807. The summed E-state index contributed by atoms with van der Waals surface area (Å²) in [6.45, 7) is 0. The summed E-state index contributed by atoms with van der Waals surface area (Å²) in [4.78, 5) is 8.51. The highest BCUT2D eigenvalue weighted by Crippen LogP contribution is 2.17. The molecule has 1 aromatic rings. The third-order valence-corrected chi connectivity index (χ3v) is 2.97. The number of benzene rings is 1. The molecule has 0 aliphatic carbocycles. The van der Waals surface area contributed by atoms with E-state index < -0.39 is 30.8 Å². The highest BCUT2D eigenvalue weighted by Gasteiger charge is 2.15. The van der Waals surface area contributed by atoms with E-state index in [2.05, 4.69) is 4.52 Å². The summed E-state index contributed by atoms with van der Waals surface area (Å²) in [5, 5.41) is 0. The Morgan fingerprint density at radius 2 is 2.29 bits per heavy atom. The van der Waals surface area contributed by atoms with Crippen molar-refractivity contribution in [3.05, 3.63) is 30.1 Å². The average molecular weight is 237 g/mol. The first kappa shape index (κ1) is 11.4. The van der Waals surface area contributed by atoms with E-state index in [9.17, 15) is 13.2 Å². The smallest absolute Gasteiger partial charge is 0.252 e. The number of rotatable bonds is 4. The molecule has 0 spiro atoms. The molecule has 0 bridgehead atoms. The Kier molecular flexibility index (Phi) is 4.28. The Morgan fingerprint density at radius 3 is 2.86 bits per heavy atom. The van der Waals surface area contributed by atoms with E-state index in [0.717, 1.165) is 6.07 Å². The third-order valence-electron chi connectivity index (χ3n) is 1.33. The molecule has 0 fully saturated rings. The third kappa shape index (κ3) is 3.59. The van der Waals surface area contributed by atoms with Gasteiger partial charge in [0.1, 0.15) is 5.82 Å². The Bertz CT molecular complexity index is 370. The van der Waals surface area contributed by atoms with Crippen molar-refractivity contribution in [2.75, 3.05) is 5.94 Å². The van der Waals surface area contributed by atoms with Gasteiger partial charge in [0.15, 0.2) is 5.94 Å². The van der Waals surface area contributed by atoms with Crippen LogP contribution in [0.5, 0.6) is 0 Å². The van der Waals surface area contributed by atoms with Crippen LogP contribution in [0.25, 0.3) is 0 Å². The molecule has 1 rings (SSSR count). The lowest BCUT2D eigenvalue weighted by molar-refractivity contribution is 0.327. The van der Waals surface area contributed by atoms with Gasteiger partial charge in [0.25, 0.3) is 0 Å². The van der Waals surface area contributed by atoms with Gasteiger partial charge in [0.2, 0.25) is 0 Å². The summed E-state index contributed by atoms with van der Waals surface area (Å²) >= 11 is 0. The lowest BCUT2D eigenvalue weighted by Gasteiger charge is -1.96. The normalized spacial score (nSPS) is 13.7. The van der Waals surface area contributed by atoms with Crippen molar-refractivity contribution < 1.29 is 22.6 Å². The van der Waals surface area contributed by atoms with Crippen LogP contribution in [0.1, 0.15) is 0 Å². The van der Waals surface area contributed by atoms with Crippen LogP contribution in [0.4, 0.5) is 4.39 Å². The fraction of sp³-hybridized carbons (Fsp3) is 0.143. The number of hydrogen-bond donors (Lipinski definition) is 1. The summed E-state index contributed by atoms with van der Waals surface area (Å²) < 4.78 is 38.3. The van der Waals surface area contributed by atoms with Gasteiger partial charge in [-0.15, -0.1) is 9.42 Å². The Hall–Kier alpha value is -0.680. The molecule has 1 aromatic carbocycles. The van der Waals surface area contributed by atoms with E-state index in [-0.39, 0.29) is 4.90 Å². The van der Waals surface area contributed by atoms with Crippen molar-refractivity contribution in [2.45, 2.75) is 4.90 Å². The largest absolute Gasteiger partial charge is 0.695 e. The fourth-order valence-corrected chi connectivity index (χ4v) is 2.12. The lowest BCUT2D eigenvalue weighted by Crippen LogP contribution is -1.98. The van der Waals surface area contributed by atoms with Crippen molar-refractivity contribution in [3.8, 4) is 0 Å². The molecular formula is C7H7FO4PS+. The molecule has 2 atom stereocenters. The summed E-state index contributed by atoms with van der Waals surface area (Å²) in [6, 6.07) is 5.16. The molecule has 0 saturated carbocycles. The van der Waals surface area contributed by atoms with Crippen LogP contribution in [-0.4, -0.2) is 15.0 Å². The van der Waals surface area contributed by atoms with Crippen molar-refractivity contribution in [1.82, 2.24) is 0 Å². The van der Waals surface area contributed by atoms with Gasteiger partial charge in [-0.1, -0.05) is 6.07 Å². The van der Waals surface area contributed by atoms with Crippen molar-refractivity contribution in [3.63, 3.8) is 0 Å². The molecule has 0 heterocycles. The molecule has 76 valence electrons. The van der Waals surface area contributed by atoms with Gasteiger partial charge in [-0.25, -0.2) is 4.39 Å². The molecule has 0 saturated heterocycles. The van der Waals surface area contributed by atoms with E-state index >= 15 is 0 Å². The van der Waals surface area contributed by atoms with Gasteiger partial charge in [-0.05, 0) is 18.2 Å². The minimum absolute atomic E-state index is 0.224. The zero-order chi connectivity index (χ0) is 10.6. The highest BCUT2D eigenvalue weighted by atomic mass is 32.2. The number of halogens is 1. The molecule has 1 N–H and O–H groups in total. The van der Waals surface area contributed by atoms with Gasteiger partial charge < -0.3 is 0 Å². The average Bonchev–Trinajstić information content (AvgIpc) is 2.14. The molecule has 0 amide bonds. The first-order chi connectivity index (χ1) is 6.59. The standard InChI is InChI=1S/C7H6FO4PS/c8-6-2-1-3-7(4-6)14(11)5-12-13(9)10/h1-4H,5H2/p+1/t14-/m1/s1. The summed E-state index contributed by atoms with van der Waals surface area (Å²) in [6.07, 6.45) is 0. The molecule has 14 heavy (non-hydrogen) atoms. The second kappa shape index (κ2) is 5.26. The minimum atomic E-state index is -2.77. The maximum atomic E-state index is 12.6. The topological polar surface area (TPSA) is 63.6 Å². The predicted molar refractivity (Wildman–Crippen MR) is 48.6 cm³/mol. The van der Waals surface area contributed by atoms with Crippen LogP contribution in [0, 0.1) is 5.82 Å². The molecular weight excluding hydrogens is 230 g/mol. The van der Waals surface area contributed by atoms with Crippen LogP contribution in [0.2, 0.25) is 0 Å². The van der Waals surface area contributed by atoms with Crippen LogP contribution < -0.4 is 0 Å². The first-order valence-corrected chi connectivity index (χ1v) is 5.97. The first-order valence-electron chi connectivity index (χ1n) is 3.52. The maximum absolute atomic E-state index is 12.6. The van der Waals surface area contributed by atoms with E-state index in [4.69, 9.17) is 4.89 Å². The van der Waals surface area contributed by atoms with Crippen molar-refractivity contribution in [1.29, 1.82) is 0 Å². The minimum Gasteiger partial charge on any atom is -0.252 e. The zero-order valence-corrected chi connectivity index (χ0v) is 8.63. The molecule has 0 aliphatic heterocycles. The summed E-state index contributed by atoms with van der Waals surface area (Å²) in [7, 11) is -4.39. The predicted octanol–water partition coefficient (Wildman–Crippen LogP) is 1.56. The van der Waals surface area contributed by atoms with E-state index in [1.54, 1.807) is 0 Å². The van der Waals surface area contributed by atoms with Crippen molar-refractivity contribution >= 4 is 19.1 Å². The van der Waals surface area contributed by atoms with Crippen LogP contribution in [-0.2, 0) is 19.9 Å². The van der Waals surface area contributed by atoms with Gasteiger partial charge >= 0.3 is 8.25 Å². The van der Waals surface area contributed by atoms with Gasteiger partial charge in [-0.2, -0.15) is 0 Å².